The van der Waals surface area contributed by atoms with Gasteiger partial charge >= 0.3 is 5.97 Å². The van der Waals surface area contributed by atoms with E-state index in [1.54, 1.807) is 6.20 Å². The minimum Gasteiger partial charge on any atom is -0.480 e. The van der Waals surface area contributed by atoms with E-state index in [9.17, 15) is 9.59 Å². The van der Waals surface area contributed by atoms with Crippen LogP contribution in [0.3, 0.4) is 0 Å². The number of benzene rings is 1. The van der Waals surface area contributed by atoms with Crippen molar-refractivity contribution in [2.75, 3.05) is 38.0 Å². The van der Waals surface area contributed by atoms with E-state index in [1.165, 1.54) is 32.4 Å². The second-order valence-electron chi connectivity index (χ2n) is 9.00. The second kappa shape index (κ2) is 12.3. The van der Waals surface area contributed by atoms with E-state index >= 15 is 0 Å². The molecule has 3 heterocycles. The molecule has 3 N–H and O–H groups in total. The number of likely N-dealkylation sites (tertiary alicyclic amines) is 1. The van der Waals surface area contributed by atoms with Crippen molar-refractivity contribution >= 4 is 28.5 Å². The summed E-state index contributed by atoms with van der Waals surface area (Å²) < 4.78 is 0. The molecular weight excluding hydrogens is 442 g/mol. The Labute approximate surface area is 205 Å². The number of aliphatic carboxylic acids is 1. The molecule has 0 unspecified atom stereocenters. The summed E-state index contributed by atoms with van der Waals surface area (Å²) in [5.41, 5.74) is 4.83. The maximum Gasteiger partial charge on any atom is 0.322 e. The molecule has 1 saturated heterocycles. The topological polar surface area (TPSA) is 107 Å². The summed E-state index contributed by atoms with van der Waals surface area (Å²) in [6.45, 7) is 4.10. The number of amides is 1. The van der Waals surface area contributed by atoms with E-state index in [1.807, 2.05) is 36.5 Å². The number of carboxylic acid groups (broad SMARTS) is 1. The van der Waals surface area contributed by atoms with Crippen LogP contribution in [0.25, 0.3) is 22.2 Å². The van der Waals surface area contributed by atoms with Gasteiger partial charge in [-0.2, -0.15) is 0 Å². The van der Waals surface area contributed by atoms with Crippen LogP contribution in [0, 0.1) is 0 Å². The number of anilines is 1. The lowest BCUT2D eigenvalue weighted by molar-refractivity contribution is -0.137. The van der Waals surface area contributed by atoms with Crippen LogP contribution in [0.15, 0.2) is 48.8 Å². The van der Waals surface area contributed by atoms with Crippen LogP contribution in [0.4, 0.5) is 5.69 Å². The largest absolute Gasteiger partial charge is 0.480 e. The molecule has 8 heteroatoms. The Morgan fingerprint density at radius 3 is 2.63 bits per heavy atom. The van der Waals surface area contributed by atoms with Crippen molar-refractivity contribution in [3.8, 4) is 11.3 Å². The number of aromatic nitrogens is 2. The summed E-state index contributed by atoms with van der Waals surface area (Å²) in [4.78, 5) is 34.0. The van der Waals surface area contributed by atoms with Gasteiger partial charge in [0.1, 0.15) is 6.54 Å². The molecule has 3 aromatic rings. The third kappa shape index (κ3) is 7.23. The highest BCUT2D eigenvalue weighted by Crippen LogP contribution is 2.28. The molecular formula is C27H33N5O3. The van der Waals surface area contributed by atoms with Gasteiger partial charge in [0.15, 0.2) is 0 Å². The first-order valence-electron chi connectivity index (χ1n) is 12.4. The van der Waals surface area contributed by atoms with Gasteiger partial charge in [0, 0.05) is 42.0 Å². The van der Waals surface area contributed by atoms with Crippen molar-refractivity contribution in [3.63, 3.8) is 0 Å². The SMILES string of the molecule is O=C(O)CNC(=O)CCc1ccc(-c2cc(NCCCN3CCCCC3)c3cnccc3n2)cc1. The Morgan fingerprint density at radius 2 is 1.86 bits per heavy atom. The number of nitrogens with zero attached hydrogens (tertiary/aromatic N) is 3. The van der Waals surface area contributed by atoms with Crippen molar-refractivity contribution in [3.05, 3.63) is 54.4 Å². The Hall–Kier alpha value is -3.52. The van der Waals surface area contributed by atoms with Crippen LogP contribution in [0.5, 0.6) is 0 Å². The first kappa shape index (κ1) is 24.6. The monoisotopic (exact) mass is 475 g/mol. The Kier molecular flexibility index (Phi) is 8.62. The lowest BCUT2D eigenvalue weighted by Crippen LogP contribution is -2.31. The second-order valence-corrected chi connectivity index (χ2v) is 9.00. The Bertz CT molecular complexity index is 1140. The van der Waals surface area contributed by atoms with E-state index in [-0.39, 0.29) is 18.9 Å². The molecule has 0 radical (unpaired) electrons. The number of carbonyl (C=O) groups is 2. The number of rotatable bonds is 11. The third-order valence-corrected chi connectivity index (χ3v) is 6.35. The molecule has 8 nitrogen and oxygen atoms in total. The van der Waals surface area contributed by atoms with Gasteiger partial charge in [-0.1, -0.05) is 30.7 Å². The first-order chi connectivity index (χ1) is 17.1. The number of piperidine rings is 1. The van der Waals surface area contributed by atoms with Gasteiger partial charge < -0.3 is 20.6 Å². The molecule has 35 heavy (non-hydrogen) atoms. The van der Waals surface area contributed by atoms with E-state index in [0.29, 0.717) is 6.42 Å². The van der Waals surface area contributed by atoms with Gasteiger partial charge in [0.05, 0.1) is 11.2 Å². The van der Waals surface area contributed by atoms with Gasteiger partial charge in [-0.25, -0.2) is 4.98 Å². The fourth-order valence-electron chi connectivity index (χ4n) is 4.43. The maximum atomic E-state index is 11.8. The highest BCUT2D eigenvalue weighted by molar-refractivity contribution is 5.93. The minimum absolute atomic E-state index is 0.249. The predicted octanol–water partition coefficient (Wildman–Crippen LogP) is 3.72. The Balaban J connectivity index is 1.40. The summed E-state index contributed by atoms with van der Waals surface area (Å²) in [6.07, 6.45) is 9.49. The number of nitrogens with one attached hydrogen (secondary N) is 2. The molecule has 0 spiro atoms. The molecule has 184 valence electrons. The number of hydrogen-bond donors (Lipinski definition) is 3. The summed E-state index contributed by atoms with van der Waals surface area (Å²) in [7, 11) is 0. The molecule has 1 amide bonds. The van der Waals surface area contributed by atoms with E-state index in [2.05, 4.69) is 26.6 Å². The molecule has 0 bridgehead atoms. The molecule has 1 fully saturated rings. The van der Waals surface area contributed by atoms with Crippen molar-refractivity contribution < 1.29 is 14.7 Å². The fourth-order valence-corrected chi connectivity index (χ4v) is 4.43. The van der Waals surface area contributed by atoms with E-state index in [0.717, 1.165) is 52.9 Å². The number of aryl methyl sites for hydroxylation is 1. The van der Waals surface area contributed by atoms with Crippen LogP contribution < -0.4 is 10.6 Å². The quantitative estimate of drug-likeness (QED) is 0.363. The Morgan fingerprint density at radius 1 is 1.06 bits per heavy atom. The van der Waals surface area contributed by atoms with Gasteiger partial charge in [-0.3, -0.25) is 14.6 Å². The summed E-state index contributed by atoms with van der Waals surface area (Å²) >= 11 is 0. The molecule has 1 aliphatic heterocycles. The number of fused-ring (bicyclic) bond motifs is 1. The molecule has 1 aliphatic rings. The van der Waals surface area contributed by atoms with Crippen LogP contribution in [-0.4, -0.2) is 64.6 Å². The lowest BCUT2D eigenvalue weighted by atomic mass is 10.0. The van der Waals surface area contributed by atoms with Gasteiger partial charge in [0.2, 0.25) is 5.91 Å². The summed E-state index contributed by atoms with van der Waals surface area (Å²) in [6, 6.07) is 12.0. The predicted molar refractivity (Wildman–Crippen MR) is 137 cm³/mol. The van der Waals surface area contributed by atoms with Crippen LogP contribution in [0.1, 0.15) is 37.7 Å². The normalized spacial score (nSPS) is 14.1. The lowest BCUT2D eigenvalue weighted by Gasteiger charge is -2.26. The molecule has 2 aromatic heterocycles. The fraction of sp³-hybridized carbons (Fsp3) is 0.407. The van der Waals surface area contributed by atoms with Crippen LogP contribution in [0.2, 0.25) is 0 Å². The zero-order valence-electron chi connectivity index (χ0n) is 20.0. The zero-order chi connectivity index (χ0) is 24.5. The van der Waals surface area contributed by atoms with E-state index in [4.69, 9.17) is 10.1 Å². The summed E-state index contributed by atoms with van der Waals surface area (Å²) in [5, 5.41) is 15.7. The average Bonchev–Trinajstić information content (AvgIpc) is 2.89. The molecule has 0 aliphatic carbocycles. The minimum atomic E-state index is -1.04. The maximum absolute atomic E-state index is 11.8. The third-order valence-electron chi connectivity index (χ3n) is 6.35. The van der Waals surface area contributed by atoms with Crippen LogP contribution in [-0.2, 0) is 16.0 Å². The smallest absolute Gasteiger partial charge is 0.322 e. The molecule has 4 rings (SSSR count). The average molecular weight is 476 g/mol. The molecule has 1 aromatic carbocycles. The number of carboxylic acids is 1. The van der Waals surface area contributed by atoms with Gasteiger partial charge in [0.25, 0.3) is 0 Å². The van der Waals surface area contributed by atoms with Crippen LogP contribution >= 0.6 is 0 Å². The van der Waals surface area contributed by atoms with Gasteiger partial charge in [-0.05, 0) is 63.0 Å². The number of pyridine rings is 2. The standard InChI is InChI=1S/C27H33N5O3/c33-26(30-19-27(34)35)10-7-20-5-8-21(9-6-20)24-17-25(22-18-28-13-11-23(22)31-24)29-12-4-16-32-14-2-1-3-15-32/h5-6,8-9,11,13,17-18H,1-4,7,10,12,14-16,19H2,(H,29,31)(H,30,33)(H,34,35). The molecule has 0 atom stereocenters. The zero-order valence-corrected chi connectivity index (χ0v) is 20.0. The van der Waals surface area contributed by atoms with Crippen molar-refractivity contribution in [1.82, 2.24) is 20.2 Å². The highest BCUT2D eigenvalue weighted by atomic mass is 16.4. The van der Waals surface area contributed by atoms with E-state index < -0.39 is 5.97 Å². The summed E-state index contributed by atoms with van der Waals surface area (Å²) in [5.74, 6) is -1.31. The van der Waals surface area contributed by atoms with Crippen molar-refractivity contribution in [2.45, 2.75) is 38.5 Å². The van der Waals surface area contributed by atoms with Crippen molar-refractivity contribution in [1.29, 1.82) is 0 Å². The number of hydrogen-bond acceptors (Lipinski definition) is 6. The number of carbonyl (C=O) groups excluding carboxylic acids is 1. The molecule has 0 saturated carbocycles. The van der Waals surface area contributed by atoms with Gasteiger partial charge in [-0.15, -0.1) is 0 Å². The first-order valence-corrected chi connectivity index (χ1v) is 12.4. The van der Waals surface area contributed by atoms with Crippen molar-refractivity contribution in [2.24, 2.45) is 0 Å². The highest BCUT2D eigenvalue weighted by Gasteiger charge is 2.11.